The molecular formula is C48H31NO. The molecule has 0 aliphatic carbocycles. The SMILES string of the molecule is c1ccc2cc(-c3ccc(N(c4ccc(-c5ccc6oc7ccccc7c6c5)cc4)c4ccc5ccc6ccccc6c5c4)cc3)ccc2c1. The van der Waals surface area contributed by atoms with E-state index in [9.17, 15) is 0 Å². The average Bonchev–Trinajstić information content (AvgIpc) is 3.56. The van der Waals surface area contributed by atoms with Crippen LogP contribution in [0.4, 0.5) is 17.1 Å². The normalized spacial score (nSPS) is 11.6. The second kappa shape index (κ2) is 11.5. The highest BCUT2D eigenvalue weighted by Gasteiger charge is 2.15. The number of anilines is 3. The molecule has 0 bridgehead atoms. The maximum atomic E-state index is 6.10. The maximum Gasteiger partial charge on any atom is 0.135 e. The van der Waals surface area contributed by atoms with Gasteiger partial charge in [-0.1, -0.05) is 127 Å². The van der Waals surface area contributed by atoms with E-state index in [-0.39, 0.29) is 0 Å². The summed E-state index contributed by atoms with van der Waals surface area (Å²) in [6.45, 7) is 0. The van der Waals surface area contributed by atoms with Crippen LogP contribution in [0.1, 0.15) is 0 Å². The van der Waals surface area contributed by atoms with Crippen LogP contribution < -0.4 is 4.90 Å². The Labute approximate surface area is 290 Å². The molecule has 0 aliphatic rings. The second-order valence-corrected chi connectivity index (χ2v) is 13.0. The molecule has 0 spiro atoms. The van der Waals surface area contributed by atoms with E-state index in [0.717, 1.165) is 44.6 Å². The number of fused-ring (bicyclic) bond motifs is 7. The van der Waals surface area contributed by atoms with Crippen molar-refractivity contribution in [3.63, 3.8) is 0 Å². The predicted octanol–water partition coefficient (Wildman–Crippen LogP) is 13.8. The van der Waals surface area contributed by atoms with Crippen molar-refractivity contribution in [3.8, 4) is 22.3 Å². The number of benzene rings is 9. The smallest absolute Gasteiger partial charge is 0.135 e. The first-order valence-electron chi connectivity index (χ1n) is 17.1. The average molecular weight is 638 g/mol. The molecule has 1 aromatic heterocycles. The van der Waals surface area contributed by atoms with Gasteiger partial charge >= 0.3 is 0 Å². The van der Waals surface area contributed by atoms with E-state index in [1.807, 2.05) is 12.1 Å². The zero-order valence-electron chi connectivity index (χ0n) is 27.3. The number of nitrogens with zero attached hydrogens (tertiary/aromatic N) is 1. The van der Waals surface area contributed by atoms with Gasteiger partial charge in [0.1, 0.15) is 11.2 Å². The molecule has 0 radical (unpaired) electrons. The van der Waals surface area contributed by atoms with E-state index in [1.54, 1.807) is 0 Å². The highest BCUT2D eigenvalue weighted by atomic mass is 16.3. The standard InChI is InChI=1S/C48H31NO/c1-2-9-37-29-38(16-13-32(37)7-1)33-17-23-40(24-18-33)49(42-27-21-36-15-14-35-8-3-4-10-43(35)45(36)31-42)41-25-19-34(20-26-41)39-22-28-48-46(30-39)44-11-5-6-12-47(44)50-48/h1-31H. The monoisotopic (exact) mass is 637 g/mol. The molecule has 0 amide bonds. The van der Waals surface area contributed by atoms with Gasteiger partial charge in [-0.25, -0.2) is 0 Å². The molecule has 0 N–H and O–H groups in total. The fourth-order valence-electron chi connectivity index (χ4n) is 7.46. The second-order valence-electron chi connectivity index (χ2n) is 13.0. The van der Waals surface area contributed by atoms with Crippen molar-refractivity contribution in [2.75, 3.05) is 4.90 Å². The molecule has 1 heterocycles. The van der Waals surface area contributed by atoms with Crippen LogP contribution in [0.3, 0.4) is 0 Å². The van der Waals surface area contributed by atoms with E-state index in [4.69, 9.17) is 4.42 Å². The van der Waals surface area contributed by atoms with Crippen LogP contribution in [0.25, 0.3) is 76.5 Å². The molecule has 2 heteroatoms. The first-order chi connectivity index (χ1) is 24.7. The maximum absolute atomic E-state index is 6.10. The lowest BCUT2D eigenvalue weighted by Gasteiger charge is -2.26. The van der Waals surface area contributed by atoms with Crippen LogP contribution in [0, 0.1) is 0 Å². The fourth-order valence-corrected chi connectivity index (χ4v) is 7.46. The van der Waals surface area contributed by atoms with Gasteiger partial charge in [-0.2, -0.15) is 0 Å². The zero-order valence-corrected chi connectivity index (χ0v) is 27.3. The molecule has 10 aromatic rings. The molecule has 10 rings (SSSR count). The molecule has 9 aromatic carbocycles. The Balaban J connectivity index is 1.08. The summed E-state index contributed by atoms with van der Waals surface area (Å²) in [7, 11) is 0. The van der Waals surface area contributed by atoms with E-state index in [0.29, 0.717) is 0 Å². The number of furan rings is 1. The first kappa shape index (κ1) is 28.4. The van der Waals surface area contributed by atoms with Crippen LogP contribution in [0.15, 0.2) is 192 Å². The Bertz CT molecular complexity index is 2860. The number of hydrogen-bond acceptors (Lipinski definition) is 2. The third-order valence-corrected chi connectivity index (χ3v) is 10.0. The topological polar surface area (TPSA) is 16.4 Å². The van der Waals surface area contributed by atoms with Crippen molar-refractivity contribution in [2.45, 2.75) is 0 Å². The summed E-state index contributed by atoms with van der Waals surface area (Å²) in [4.78, 5) is 2.36. The Morgan fingerprint density at radius 2 is 0.780 bits per heavy atom. The van der Waals surface area contributed by atoms with E-state index in [2.05, 4.69) is 181 Å². The van der Waals surface area contributed by atoms with Gasteiger partial charge in [0.2, 0.25) is 0 Å². The largest absolute Gasteiger partial charge is 0.456 e. The summed E-state index contributed by atoms with van der Waals surface area (Å²) in [6, 6.07) is 67.7. The Hall–Kier alpha value is -6.64. The third-order valence-electron chi connectivity index (χ3n) is 10.0. The van der Waals surface area contributed by atoms with Crippen LogP contribution in [0.2, 0.25) is 0 Å². The number of rotatable bonds is 5. The minimum absolute atomic E-state index is 0.911. The first-order valence-corrected chi connectivity index (χ1v) is 17.1. The molecule has 0 fully saturated rings. The van der Waals surface area contributed by atoms with E-state index < -0.39 is 0 Å². The lowest BCUT2D eigenvalue weighted by atomic mass is 9.99. The van der Waals surface area contributed by atoms with Crippen molar-refractivity contribution in [3.05, 3.63) is 188 Å². The number of hydrogen-bond donors (Lipinski definition) is 0. The molecular weight excluding hydrogens is 607 g/mol. The summed E-state index contributed by atoms with van der Waals surface area (Å²) in [5, 5.41) is 9.77. The summed E-state index contributed by atoms with van der Waals surface area (Å²) in [5.41, 5.74) is 9.89. The van der Waals surface area contributed by atoms with Gasteiger partial charge in [0.25, 0.3) is 0 Å². The Kier molecular flexibility index (Phi) is 6.53. The van der Waals surface area contributed by atoms with Gasteiger partial charge in [0.15, 0.2) is 0 Å². The van der Waals surface area contributed by atoms with Crippen LogP contribution in [-0.4, -0.2) is 0 Å². The molecule has 234 valence electrons. The molecule has 0 atom stereocenters. The number of para-hydroxylation sites is 1. The van der Waals surface area contributed by atoms with Gasteiger partial charge in [0, 0.05) is 27.8 Å². The minimum atomic E-state index is 0.911. The Morgan fingerprint density at radius 3 is 1.54 bits per heavy atom. The fraction of sp³-hybridized carbons (Fsp3) is 0. The summed E-state index contributed by atoms with van der Waals surface area (Å²) in [5.74, 6) is 0. The highest BCUT2D eigenvalue weighted by molar-refractivity contribution is 6.09. The van der Waals surface area contributed by atoms with E-state index >= 15 is 0 Å². The molecule has 0 aliphatic heterocycles. The van der Waals surface area contributed by atoms with Gasteiger partial charge in [-0.05, 0) is 115 Å². The van der Waals surface area contributed by atoms with Crippen molar-refractivity contribution >= 4 is 71.3 Å². The molecule has 50 heavy (non-hydrogen) atoms. The van der Waals surface area contributed by atoms with Gasteiger partial charge < -0.3 is 9.32 Å². The van der Waals surface area contributed by atoms with Crippen molar-refractivity contribution in [1.29, 1.82) is 0 Å². The van der Waals surface area contributed by atoms with Crippen LogP contribution in [0.5, 0.6) is 0 Å². The van der Waals surface area contributed by atoms with Crippen molar-refractivity contribution in [1.82, 2.24) is 0 Å². The third kappa shape index (κ3) is 4.81. The van der Waals surface area contributed by atoms with Crippen LogP contribution in [-0.2, 0) is 0 Å². The lowest BCUT2D eigenvalue weighted by molar-refractivity contribution is 0.669. The summed E-state index contributed by atoms with van der Waals surface area (Å²) < 4.78 is 6.10. The lowest BCUT2D eigenvalue weighted by Crippen LogP contribution is -2.09. The molecule has 2 nitrogen and oxygen atoms in total. The van der Waals surface area contributed by atoms with Crippen molar-refractivity contribution < 1.29 is 4.42 Å². The molecule has 0 saturated carbocycles. The van der Waals surface area contributed by atoms with E-state index in [1.165, 1.54) is 49.0 Å². The van der Waals surface area contributed by atoms with Crippen molar-refractivity contribution in [2.24, 2.45) is 0 Å². The summed E-state index contributed by atoms with van der Waals surface area (Å²) in [6.07, 6.45) is 0. The zero-order chi connectivity index (χ0) is 33.0. The van der Waals surface area contributed by atoms with Gasteiger partial charge in [-0.3, -0.25) is 0 Å². The van der Waals surface area contributed by atoms with Gasteiger partial charge in [-0.15, -0.1) is 0 Å². The Morgan fingerprint density at radius 1 is 0.280 bits per heavy atom. The van der Waals surface area contributed by atoms with Gasteiger partial charge in [0.05, 0.1) is 0 Å². The summed E-state index contributed by atoms with van der Waals surface area (Å²) >= 11 is 0. The minimum Gasteiger partial charge on any atom is -0.456 e. The molecule has 0 unspecified atom stereocenters. The predicted molar refractivity (Wildman–Crippen MR) is 212 cm³/mol. The highest BCUT2D eigenvalue weighted by Crippen LogP contribution is 2.40. The molecule has 0 saturated heterocycles. The van der Waals surface area contributed by atoms with Crippen LogP contribution >= 0.6 is 0 Å². The quantitative estimate of drug-likeness (QED) is 0.175.